The third-order valence-corrected chi connectivity index (χ3v) is 11.3. The summed E-state index contributed by atoms with van der Waals surface area (Å²) < 4.78 is 2.59. The Balaban J connectivity index is 1.19. The van der Waals surface area contributed by atoms with Gasteiger partial charge in [0, 0.05) is 48.3 Å². The Morgan fingerprint density at radius 1 is 0.500 bits per heavy atom. The first-order valence-electron chi connectivity index (χ1n) is 17.1. The summed E-state index contributed by atoms with van der Waals surface area (Å²) in [6.45, 7) is 2.23. The standard InChI is InChI=1S/C46H31N3S/c1-28-13-23-39(31-9-3-2-4-10-31)48-46(35-19-15-30-14-16-32-17-18-33-11-7-25-47-45(33)42(32)38(30)26-35)49-44(28)34-20-22-37-41(27-34)50-40-24-21-29-8-5-6-12-36(29)43(37)40/h2-12,14-22,24-27H,13,23H2,1H3/b44-28+,48-39?,49-46?. The molecular formula is C46H31N3S. The van der Waals surface area contributed by atoms with E-state index in [2.05, 4.69) is 140 Å². The quantitative estimate of drug-likeness (QED) is 0.174. The molecule has 0 N–H and O–H groups in total. The van der Waals surface area contributed by atoms with E-state index in [4.69, 9.17) is 15.0 Å². The molecular weight excluding hydrogens is 627 g/mol. The number of aromatic nitrogens is 1. The molecule has 0 aliphatic carbocycles. The minimum absolute atomic E-state index is 0.729. The minimum atomic E-state index is 0.729. The molecule has 9 aromatic rings. The fourth-order valence-corrected chi connectivity index (χ4v) is 8.79. The number of aliphatic imine (C=N–C) groups is 2. The maximum atomic E-state index is 5.49. The van der Waals surface area contributed by atoms with E-state index in [0.717, 1.165) is 68.5 Å². The molecule has 0 spiro atoms. The Bertz CT molecular complexity index is 2920. The number of pyridine rings is 1. The Labute approximate surface area is 293 Å². The number of thiophene rings is 1. The van der Waals surface area contributed by atoms with Crippen LogP contribution < -0.4 is 0 Å². The lowest BCUT2D eigenvalue weighted by atomic mass is 9.96. The fourth-order valence-electron chi connectivity index (χ4n) is 7.63. The Morgan fingerprint density at radius 3 is 2.16 bits per heavy atom. The molecule has 2 aromatic heterocycles. The molecule has 1 aliphatic heterocycles. The molecule has 0 fully saturated rings. The molecule has 0 radical (unpaired) electrons. The first-order valence-corrected chi connectivity index (χ1v) is 18.0. The van der Waals surface area contributed by atoms with Crippen LogP contribution in [0.5, 0.6) is 0 Å². The number of allylic oxidation sites excluding steroid dienone is 1. The fraction of sp³-hybridized carbons (Fsp3) is 0.0652. The van der Waals surface area contributed by atoms with E-state index in [0.29, 0.717) is 0 Å². The molecule has 0 saturated heterocycles. The van der Waals surface area contributed by atoms with Crippen molar-refractivity contribution in [2.24, 2.45) is 9.98 Å². The first-order chi connectivity index (χ1) is 24.7. The molecule has 10 rings (SSSR count). The molecule has 50 heavy (non-hydrogen) atoms. The van der Waals surface area contributed by atoms with Crippen molar-refractivity contribution in [2.45, 2.75) is 19.8 Å². The van der Waals surface area contributed by atoms with Crippen LogP contribution in [0.4, 0.5) is 0 Å². The number of amidine groups is 1. The van der Waals surface area contributed by atoms with E-state index in [-0.39, 0.29) is 0 Å². The van der Waals surface area contributed by atoms with Crippen molar-refractivity contribution in [3.8, 4) is 0 Å². The maximum absolute atomic E-state index is 5.49. The van der Waals surface area contributed by atoms with Crippen LogP contribution >= 0.6 is 11.3 Å². The zero-order valence-corrected chi connectivity index (χ0v) is 28.3. The van der Waals surface area contributed by atoms with Crippen LogP contribution in [-0.2, 0) is 0 Å². The SMILES string of the molecule is C/C1=C(/c2ccc3c(c2)sc2ccc4ccccc4c23)N=C(c2ccc3ccc4ccc5cccnc5c4c3c2)N=C(c2ccccc2)CC1. The highest BCUT2D eigenvalue weighted by Gasteiger charge is 2.18. The molecule has 0 atom stereocenters. The average Bonchev–Trinajstić information content (AvgIpc) is 3.55. The Morgan fingerprint density at radius 2 is 1.24 bits per heavy atom. The van der Waals surface area contributed by atoms with Gasteiger partial charge in [-0.2, -0.15) is 0 Å². The zero-order chi connectivity index (χ0) is 33.2. The lowest BCUT2D eigenvalue weighted by Gasteiger charge is -2.17. The summed E-state index contributed by atoms with van der Waals surface area (Å²) in [6, 6.07) is 50.2. The summed E-state index contributed by atoms with van der Waals surface area (Å²) in [6.07, 6.45) is 3.60. The summed E-state index contributed by atoms with van der Waals surface area (Å²) in [5.41, 5.74) is 7.60. The molecule has 0 amide bonds. The molecule has 236 valence electrons. The van der Waals surface area contributed by atoms with Crippen molar-refractivity contribution >= 4 is 92.0 Å². The van der Waals surface area contributed by atoms with Gasteiger partial charge in [-0.25, -0.2) is 9.98 Å². The third-order valence-electron chi connectivity index (χ3n) is 10.2. The molecule has 4 heteroatoms. The highest BCUT2D eigenvalue weighted by Crippen LogP contribution is 2.40. The second kappa shape index (κ2) is 11.6. The van der Waals surface area contributed by atoms with E-state index in [1.165, 1.54) is 47.3 Å². The third kappa shape index (κ3) is 4.75. The molecule has 7 aromatic carbocycles. The summed E-state index contributed by atoms with van der Waals surface area (Å²) in [5, 5.41) is 11.0. The van der Waals surface area contributed by atoms with Gasteiger partial charge in [-0.05, 0) is 82.1 Å². The topological polar surface area (TPSA) is 37.6 Å². The van der Waals surface area contributed by atoms with Crippen LogP contribution in [0.1, 0.15) is 36.5 Å². The van der Waals surface area contributed by atoms with Gasteiger partial charge >= 0.3 is 0 Å². The molecule has 3 heterocycles. The van der Waals surface area contributed by atoms with Crippen LogP contribution in [0, 0.1) is 0 Å². The smallest absolute Gasteiger partial charge is 0.160 e. The van der Waals surface area contributed by atoms with Gasteiger partial charge in [-0.3, -0.25) is 4.98 Å². The van der Waals surface area contributed by atoms with Crippen LogP contribution in [0.3, 0.4) is 0 Å². The van der Waals surface area contributed by atoms with Crippen LogP contribution in [0.2, 0.25) is 0 Å². The van der Waals surface area contributed by atoms with Crippen molar-refractivity contribution in [3.63, 3.8) is 0 Å². The predicted molar refractivity (Wildman–Crippen MR) is 215 cm³/mol. The van der Waals surface area contributed by atoms with Gasteiger partial charge in [-0.15, -0.1) is 11.3 Å². The Kier molecular flexibility index (Phi) is 6.71. The molecule has 3 nitrogen and oxygen atoms in total. The number of hydrogen-bond acceptors (Lipinski definition) is 4. The molecule has 0 unspecified atom stereocenters. The minimum Gasteiger partial charge on any atom is -0.256 e. The van der Waals surface area contributed by atoms with Gasteiger partial charge in [0.15, 0.2) is 5.84 Å². The van der Waals surface area contributed by atoms with Crippen molar-refractivity contribution in [2.75, 3.05) is 0 Å². The van der Waals surface area contributed by atoms with Gasteiger partial charge in [0.25, 0.3) is 0 Å². The molecule has 0 saturated carbocycles. The lowest BCUT2D eigenvalue weighted by molar-refractivity contribution is 1.00. The van der Waals surface area contributed by atoms with E-state index >= 15 is 0 Å². The summed E-state index contributed by atoms with van der Waals surface area (Å²) in [4.78, 5) is 15.7. The van der Waals surface area contributed by atoms with Crippen molar-refractivity contribution in [3.05, 3.63) is 168 Å². The first kappa shape index (κ1) is 29.0. The van der Waals surface area contributed by atoms with Crippen molar-refractivity contribution in [1.29, 1.82) is 0 Å². The van der Waals surface area contributed by atoms with E-state index in [1.807, 2.05) is 23.6 Å². The van der Waals surface area contributed by atoms with Crippen molar-refractivity contribution in [1.82, 2.24) is 4.98 Å². The number of benzene rings is 7. The van der Waals surface area contributed by atoms with Gasteiger partial charge in [0.2, 0.25) is 0 Å². The molecule has 0 bridgehead atoms. The number of fused-ring (bicyclic) bond motifs is 10. The van der Waals surface area contributed by atoms with E-state index in [1.54, 1.807) is 0 Å². The van der Waals surface area contributed by atoms with Crippen LogP contribution in [-0.4, -0.2) is 16.5 Å². The van der Waals surface area contributed by atoms with Crippen LogP contribution in [0.25, 0.3) is 69.1 Å². The maximum Gasteiger partial charge on any atom is 0.160 e. The summed E-state index contributed by atoms with van der Waals surface area (Å²) in [7, 11) is 0. The van der Waals surface area contributed by atoms with E-state index < -0.39 is 0 Å². The van der Waals surface area contributed by atoms with Gasteiger partial charge in [0.1, 0.15) is 0 Å². The Hall–Kier alpha value is -5.97. The molecule has 1 aliphatic rings. The van der Waals surface area contributed by atoms with Crippen molar-refractivity contribution < 1.29 is 0 Å². The van der Waals surface area contributed by atoms with Gasteiger partial charge in [-0.1, -0.05) is 115 Å². The van der Waals surface area contributed by atoms with Gasteiger partial charge in [0.05, 0.1) is 16.9 Å². The second-order valence-electron chi connectivity index (χ2n) is 13.2. The highest BCUT2D eigenvalue weighted by molar-refractivity contribution is 7.26. The average molecular weight is 658 g/mol. The predicted octanol–water partition coefficient (Wildman–Crippen LogP) is 12.5. The second-order valence-corrected chi connectivity index (χ2v) is 14.3. The van der Waals surface area contributed by atoms with Crippen LogP contribution in [0.15, 0.2) is 161 Å². The number of hydrogen-bond donors (Lipinski definition) is 0. The highest BCUT2D eigenvalue weighted by atomic mass is 32.1. The summed E-state index contributed by atoms with van der Waals surface area (Å²) >= 11 is 1.86. The normalized spacial score (nSPS) is 15.5. The lowest BCUT2D eigenvalue weighted by Crippen LogP contribution is -2.10. The summed E-state index contributed by atoms with van der Waals surface area (Å²) in [5.74, 6) is 0.729. The monoisotopic (exact) mass is 657 g/mol. The number of rotatable bonds is 3. The van der Waals surface area contributed by atoms with Gasteiger partial charge < -0.3 is 0 Å². The van der Waals surface area contributed by atoms with E-state index in [9.17, 15) is 0 Å². The number of nitrogens with zero attached hydrogens (tertiary/aromatic N) is 3. The largest absolute Gasteiger partial charge is 0.256 e. The zero-order valence-electron chi connectivity index (χ0n) is 27.5.